The van der Waals surface area contributed by atoms with E-state index in [1.807, 2.05) is 14.1 Å². The van der Waals surface area contributed by atoms with Crippen LogP contribution < -0.4 is 11.3 Å². The third kappa shape index (κ3) is 4.14. The molecule has 2 unspecified atom stereocenters. The van der Waals surface area contributed by atoms with E-state index in [4.69, 9.17) is 5.84 Å². The number of hydrogen-bond acceptors (Lipinski definition) is 4. The monoisotopic (exact) mass is 243 g/mol. The van der Waals surface area contributed by atoms with Gasteiger partial charge in [0.25, 0.3) is 0 Å². The molecule has 0 spiro atoms. The molecule has 1 aliphatic rings. The second-order valence-corrected chi connectivity index (χ2v) is 4.81. The second kappa shape index (κ2) is 6.78. The van der Waals surface area contributed by atoms with Gasteiger partial charge in [-0.1, -0.05) is 6.92 Å². The molecule has 6 heteroatoms. The van der Waals surface area contributed by atoms with Crippen LogP contribution in [0.1, 0.15) is 19.8 Å². The van der Waals surface area contributed by atoms with Gasteiger partial charge in [-0.15, -0.1) is 0 Å². The Bertz CT molecular complexity index is 256. The molecule has 1 saturated heterocycles. The van der Waals surface area contributed by atoms with Crippen molar-refractivity contribution in [2.75, 3.05) is 33.7 Å². The zero-order chi connectivity index (χ0) is 12.8. The Morgan fingerprint density at radius 1 is 1.59 bits per heavy atom. The van der Waals surface area contributed by atoms with Crippen LogP contribution in [-0.2, 0) is 0 Å². The molecule has 0 saturated carbocycles. The summed E-state index contributed by atoms with van der Waals surface area (Å²) in [6.07, 6.45) is 1.46. The normalized spacial score (nSPS) is 25.8. The summed E-state index contributed by atoms with van der Waals surface area (Å²) >= 11 is 0. The highest BCUT2D eigenvalue weighted by Crippen LogP contribution is 2.18. The predicted octanol–water partition coefficient (Wildman–Crippen LogP) is -0.787. The van der Waals surface area contributed by atoms with Gasteiger partial charge in [0, 0.05) is 25.7 Å². The molecule has 0 bridgehead atoms. The SMILES string of the molecule is CCCN=C(NN)N1CC(O)CC1CN(C)C. The zero-order valence-corrected chi connectivity index (χ0v) is 11.1. The number of aliphatic hydroxyl groups is 1. The average molecular weight is 243 g/mol. The van der Waals surface area contributed by atoms with E-state index in [9.17, 15) is 5.11 Å². The molecular weight excluding hydrogens is 218 g/mol. The van der Waals surface area contributed by atoms with E-state index in [0.29, 0.717) is 12.5 Å². The molecule has 1 heterocycles. The number of aliphatic imine (C=N–C) groups is 1. The minimum Gasteiger partial charge on any atom is -0.391 e. The van der Waals surface area contributed by atoms with Crippen LogP contribution in [0.5, 0.6) is 0 Å². The number of hydrogen-bond donors (Lipinski definition) is 3. The lowest BCUT2D eigenvalue weighted by Gasteiger charge is -2.29. The number of rotatable bonds is 4. The fourth-order valence-electron chi connectivity index (χ4n) is 2.18. The summed E-state index contributed by atoms with van der Waals surface area (Å²) in [4.78, 5) is 8.60. The Balaban J connectivity index is 2.70. The van der Waals surface area contributed by atoms with Crippen molar-refractivity contribution in [2.45, 2.75) is 31.9 Å². The Hall–Kier alpha value is -0.850. The number of nitrogens with one attached hydrogen (secondary N) is 1. The van der Waals surface area contributed by atoms with Crippen LogP contribution in [0.3, 0.4) is 0 Å². The van der Waals surface area contributed by atoms with Crippen molar-refractivity contribution in [3.63, 3.8) is 0 Å². The molecule has 0 amide bonds. The molecule has 0 radical (unpaired) electrons. The average Bonchev–Trinajstić information content (AvgIpc) is 2.60. The van der Waals surface area contributed by atoms with E-state index < -0.39 is 0 Å². The van der Waals surface area contributed by atoms with Gasteiger partial charge in [-0.3, -0.25) is 10.4 Å². The molecule has 0 aromatic rings. The van der Waals surface area contributed by atoms with Crippen LogP contribution in [-0.4, -0.2) is 66.7 Å². The minimum absolute atomic E-state index is 0.270. The highest BCUT2D eigenvalue weighted by atomic mass is 16.3. The number of hydrazine groups is 1. The van der Waals surface area contributed by atoms with E-state index in [-0.39, 0.29) is 12.1 Å². The van der Waals surface area contributed by atoms with Crippen molar-refractivity contribution < 1.29 is 5.11 Å². The standard InChI is InChI=1S/C11H25N5O/c1-4-5-13-11(14-12)16-8-10(17)6-9(16)7-15(2)3/h9-10,17H,4-8,12H2,1-3H3,(H,13,14). The number of guanidine groups is 1. The molecule has 2 atom stereocenters. The fraction of sp³-hybridized carbons (Fsp3) is 0.909. The van der Waals surface area contributed by atoms with E-state index in [1.165, 1.54) is 0 Å². The van der Waals surface area contributed by atoms with Crippen LogP contribution in [0.15, 0.2) is 4.99 Å². The summed E-state index contributed by atoms with van der Waals surface area (Å²) in [5.41, 5.74) is 2.65. The Morgan fingerprint density at radius 3 is 2.82 bits per heavy atom. The third-order valence-corrected chi connectivity index (χ3v) is 2.85. The van der Waals surface area contributed by atoms with Crippen molar-refractivity contribution >= 4 is 5.96 Å². The van der Waals surface area contributed by atoms with Crippen molar-refractivity contribution in [3.8, 4) is 0 Å². The maximum Gasteiger partial charge on any atom is 0.208 e. The molecule has 100 valence electrons. The topological polar surface area (TPSA) is 77.1 Å². The minimum atomic E-state index is -0.292. The maximum atomic E-state index is 9.77. The fourth-order valence-corrected chi connectivity index (χ4v) is 2.18. The van der Waals surface area contributed by atoms with Crippen LogP contribution in [0, 0.1) is 0 Å². The molecule has 0 aromatic carbocycles. The Morgan fingerprint density at radius 2 is 2.29 bits per heavy atom. The summed E-state index contributed by atoms with van der Waals surface area (Å²) in [6, 6.07) is 0.270. The molecule has 1 aliphatic heterocycles. The van der Waals surface area contributed by atoms with E-state index in [2.05, 4.69) is 27.1 Å². The third-order valence-electron chi connectivity index (χ3n) is 2.85. The summed E-state index contributed by atoms with van der Waals surface area (Å²) in [6.45, 7) is 4.32. The van der Waals surface area contributed by atoms with Crippen molar-refractivity contribution in [3.05, 3.63) is 0 Å². The first kappa shape index (κ1) is 14.2. The van der Waals surface area contributed by atoms with Gasteiger partial charge in [-0.2, -0.15) is 0 Å². The van der Waals surface area contributed by atoms with Crippen molar-refractivity contribution in [2.24, 2.45) is 10.8 Å². The Kier molecular flexibility index (Phi) is 5.67. The van der Waals surface area contributed by atoms with E-state index >= 15 is 0 Å². The first-order chi connectivity index (χ1) is 8.08. The smallest absolute Gasteiger partial charge is 0.208 e. The lowest BCUT2D eigenvalue weighted by Crippen LogP contribution is -2.49. The summed E-state index contributed by atoms with van der Waals surface area (Å²) < 4.78 is 0. The molecular formula is C11H25N5O. The highest BCUT2D eigenvalue weighted by Gasteiger charge is 2.33. The molecule has 4 N–H and O–H groups in total. The molecule has 1 fully saturated rings. The molecule has 1 rings (SSSR count). The number of likely N-dealkylation sites (N-methyl/N-ethyl adjacent to an activating group) is 1. The number of nitrogens with zero attached hydrogens (tertiary/aromatic N) is 3. The highest BCUT2D eigenvalue weighted by molar-refractivity contribution is 5.80. The lowest BCUT2D eigenvalue weighted by atomic mass is 10.2. The number of nitrogens with two attached hydrogens (primary N) is 1. The summed E-state index contributed by atoms with van der Waals surface area (Å²) in [5.74, 6) is 6.20. The summed E-state index contributed by atoms with van der Waals surface area (Å²) in [7, 11) is 4.06. The first-order valence-electron chi connectivity index (χ1n) is 6.19. The van der Waals surface area contributed by atoms with Crippen LogP contribution >= 0.6 is 0 Å². The first-order valence-corrected chi connectivity index (χ1v) is 6.19. The lowest BCUT2D eigenvalue weighted by molar-refractivity contribution is 0.187. The number of aliphatic hydroxyl groups excluding tert-OH is 1. The van der Waals surface area contributed by atoms with Gasteiger partial charge in [0.1, 0.15) is 0 Å². The molecule has 0 aliphatic carbocycles. The summed E-state index contributed by atoms with van der Waals surface area (Å²) in [5, 5.41) is 9.77. The van der Waals surface area contributed by atoms with E-state index in [1.54, 1.807) is 0 Å². The molecule has 17 heavy (non-hydrogen) atoms. The van der Waals surface area contributed by atoms with Crippen molar-refractivity contribution in [1.29, 1.82) is 0 Å². The second-order valence-electron chi connectivity index (χ2n) is 4.81. The van der Waals surface area contributed by atoms with Gasteiger partial charge >= 0.3 is 0 Å². The largest absolute Gasteiger partial charge is 0.391 e. The quantitative estimate of drug-likeness (QED) is 0.261. The molecule has 0 aromatic heterocycles. The molecule has 6 nitrogen and oxygen atoms in total. The van der Waals surface area contributed by atoms with E-state index in [0.717, 1.165) is 25.9 Å². The van der Waals surface area contributed by atoms with Crippen LogP contribution in [0.25, 0.3) is 0 Å². The van der Waals surface area contributed by atoms with Gasteiger partial charge in [0.15, 0.2) is 0 Å². The van der Waals surface area contributed by atoms with Crippen molar-refractivity contribution in [1.82, 2.24) is 15.2 Å². The number of β-amino-alcohol motifs (C(OH)–C–C–N with tert-alkyl or cyclic N) is 1. The van der Waals surface area contributed by atoms with Gasteiger partial charge in [0.2, 0.25) is 5.96 Å². The van der Waals surface area contributed by atoms with Gasteiger partial charge in [0.05, 0.1) is 6.10 Å². The maximum absolute atomic E-state index is 9.77. The van der Waals surface area contributed by atoms with Gasteiger partial charge in [-0.25, -0.2) is 5.84 Å². The van der Waals surface area contributed by atoms with Crippen LogP contribution in [0.4, 0.5) is 0 Å². The number of likely N-dealkylation sites (tertiary alicyclic amines) is 1. The van der Waals surface area contributed by atoms with Gasteiger partial charge < -0.3 is 14.9 Å². The Labute approximate surface area is 103 Å². The zero-order valence-electron chi connectivity index (χ0n) is 11.1. The van der Waals surface area contributed by atoms with Crippen LogP contribution in [0.2, 0.25) is 0 Å². The predicted molar refractivity (Wildman–Crippen MR) is 69.6 cm³/mol. The van der Waals surface area contributed by atoms with Gasteiger partial charge in [-0.05, 0) is 26.9 Å².